The lowest BCUT2D eigenvalue weighted by Gasteiger charge is -2.32. The van der Waals surface area contributed by atoms with Crippen molar-refractivity contribution < 1.29 is 33.4 Å². The predicted molar refractivity (Wildman–Crippen MR) is 81.8 cm³/mol. The minimum Gasteiger partial charge on any atom is -0.467 e. The van der Waals surface area contributed by atoms with Crippen LogP contribution in [0.25, 0.3) is 0 Å². The Morgan fingerprint density at radius 1 is 0.958 bits per heavy atom. The number of hydrogen-bond acceptors (Lipinski definition) is 7. The van der Waals surface area contributed by atoms with E-state index < -0.39 is 47.7 Å². The maximum absolute atomic E-state index is 12.4. The molecule has 1 saturated heterocycles. The van der Waals surface area contributed by atoms with Gasteiger partial charge in [0.2, 0.25) is 6.04 Å². The molecule has 0 saturated carbocycles. The van der Waals surface area contributed by atoms with E-state index in [4.69, 9.17) is 9.47 Å². The first-order valence-corrected chi connectivity index (χ1v) is 7.40. The molecule has 0 aliphatic carbocycles. The molecular weight excluding hydrogens is 320 g/mol. The zero-order valence-corrected chi connectivity index (χ0v) is 15.0. The van der Waals surface area contributed by atoms with E-state index in [1.165, 1.54) is 0 Å². The second-order valence-corrected chi connectivity index (χ2v) is 7.25. The zero-order chi connectivity index (χ0) is 18.9. The molecule has 0 N–H and O–H groups in total. The summed E-state index contributed by atoms with van der Waals surface area (Å²) >= 11 is 0. The van der Waals surface area contributed by atoms with Crippen LogP contribution >= 0.6 is 0 Å². The van der Waals surface area contributed by atoms with Crippen LogP contribution in [0.1, 0.15) is 41.5 Å². The van der Waals surface area contributed by atoms with Gasteiger partial charge in [0.05, 0.1) is 7.11 Å². The van der Waals surface area contributed by atoms with E-state index in [2.05, 4.69) is 4.74 Å². The largest absolute Gasteiger partial charge is 0.467 e. The highest BCUT2D eigenvalue weighted by molar-refractivity contribution is 6.09. The molecule has 9 nitrogen and oxygen atoms in total. The van der Waals surface area contributed by atoms with Crippen LogP contribution in [0.2, 0.25) is 0 Å². The smallest absolute Gasteiger partial charge is 0.430 e. The molecule has 0 radical (unpaired) electrons. The molecule has 1 unspecified atom stereocenters. The summed E-state index contributed by atoms with van der Waals surface area (Å²) in [5, 5.41) is 1.40. The van der Waals surface area contributed by atoms with Gasteiger partial charge in [-0.1, -0.05) is 0 Å². The number of hydrogen-bond donors (Lipinski definition) is 0. The summed E-state index contributed by atoms with van der Waals surface area (Å²) in [6.45, 7) is 9.28. The number of rotatable bonds is 1. The second kappa shape index (κ2) is 6.66. The fourth-order valence-electron chi connectivity index (χ4n) is 1.91. The van der Waals surface area contributed by atoms with Crippen molar-refractivity contribution in [1.82, 2.24) is 10.0 Å². The third-order valence-corrected chi connectivity index (χ3v) is 2.72. The van der Waals surface area contributed by atoms with Crippen molar-refractivity contribution in [3.63, 3.8) is 0 Å². The summed E-state index contributed by atoms with van der Waals surface area (Å²) in [6, 6.07) is -1.59. The summed E-state index contributed by atoms with van der Waals surface area (Å²) < 4.78 is 14.9. The van der Waals surface area contributed by atoms with Gasteiger partial charge in [-0.25, -0.2) is 19.4 Å². The lowest BCUT2D eigenvalue weighted by atomic mass is 10.2. The summed E-state index contributed by atoms with van der Waals surface area (Å²) in [4.78, 5) is 48.7. The Bertz CT molecular complexity index is 545. The zero-order valence-electron chi connectivity index (χ0n) is 15.0. The standard InChI is InChI=1S/C15H24N2O7/c1-14(2,3)23-12(20)16-8-9(18)10(11(19)22-7)17(16)13(21)24-15(4,5)6/h10H,8H2,1-7H3. The Morgan fingerprint density at radius 2 is 1.42 bits per heavy atom. The van der Waals surface area contributed by atoms with Gasteiger partial charge < -0.3 is 14.2 Å². The number of nitrogens with zero attached hydrogens (tertiary/aromatic N) is 2. The van der Waals surface area contributed by atoms with Crippen LogP contribution < -0.4 is 0 Å². The van der Waals surface area contributed by atoms with E-state index in [0.29, 0.717) is 5.01 Å². The number of Topliss-reactive ketones (excluding diaryl/α,β-unsaturated/α-hetero) is 1. The highest BCUT2D eigenvalue weighted by Crippen LogP contribution is 2.23. The molecular formula is C15H24N2O7. The molecule has 1 aliphatic heterocycles. The predicted octanol–water partition coefficient (Wildman–Crippen LogP) is 1.50. The van der Waals surface area contributed by atoms with E-state index in [9.17, 15) is 19.2 Å². The Morgan fingerprint density at radius 3 is 1.83 bits per heavy atom. The third kappa shape index (κ3) is 4.84. The Hall–Kier alpha value is -2.32. The molecule has 0 spiro atoms. The summed E-state index contributed by atoms with van der Waals surface area (Å²) in [7, 11) is 1.08. The SMILES string of the molecule is COC(=O)C1C(=O)CN(C(=O)OC(C)(C)C)N1C(=O)OC(C)(C)C. The molecule has 1 heterocycles. The highest BCUT2D eigenvalue weighted by atomic mass is 16.6. The minimum atomic E-state index is -1.59. The van der Waals surface area contributed by atoms with Crippen molar-refractivity contribution in [3.05, 3.63) is 0 Å². The van der Waals surface area contributed by atoms with E-state index >= 15 is 0 Å². The van der Waals surface area contributed by atoms with Crippen LogP contribution in [0, 0.1) is 0 Å². The number of amides is 2. The first-order valence-electron chi connectivity index (χ1n) is 7.40. The Kier molecular flexibility index (Phi) is 5.47. The van der Waals surface area contributed by atoms with Gasteiger partial charge in [0.25, 0.3) is 0 Å². The first-order chi connectivity index (χ1) is 10.8. The van der Waals surface area contributed by atoms with Crippen molar-refractivity contribution in [2.45, 2.75) is 58.8 Å². The van der Waals surface area contributed by atoms with Crippen molar-refractivity contribution in [3.8, 4) is 0 Å². The topological polar surface area (TPSA) is 102 Å². The molecule has 0 bridgehead atoms. The fourth-order valence-corrected chi connectivity index (χ4v) is 1.91. The van der Waals surface area contributed by atoms with Crippen molar-refractivity contribution in [1.29, 1.82) is 0 Å². The number of methoxy groups -OCH3 is 1. The Balaban J connectivity index is 3.17. The number of ether oxygens (including phenoxy) is 3. The maximum atomic E-state index is 12.4. The average Bonchev–Trinajstić information content (AvgIpc) is 2.71. The third-order valence-electron chi connectivity index (χ3n) is 2.72. The number of ketones is 1. The molecule has 24 heavy (non-hydrogen) atoms. The van der Waals surface area contributed by atoms with Gasteiger partial charge in [-0.05, 0) is 41.5 Å². The lowest BCUT2D eigenvalue weighted by Crippen LogP contribution is -2.53. The molecule has 0 aromatic heterocycles. The number of carbonyl (C=O) groups is 4. The van der Waals surface area contributed by atoms with Crippen molar-refractivity contribution in [2.24, 2.45) is 0 Å². The van der Waals surface area contributed by atoms with Crippen LogP contribution in [0.4, 0.5) is 9.59 Å². The first kappa shape index (κ1) is 19.7. The van der Waals surface area contributed by atoms with E-state index in [0.717, 1.165) is 12.1 Å². The number of esters is 1. The van der Waals surface area contributed by atoms with Crippen LogP contribution in [-0.4, -0.2) is 64.9 Å². The van der Waals surface area contributed by atoms with Gasteiger partial charge in [0, 0.05) is 0 Å². The Labute approximate surface area is 140 Å². The second-order valence-electron chi connectivity index (χ2n) is 7.25. The number of carbonyl (C=O) groups excluding carboxylic acids is 4. The molecule has 1 rings (SSSR count). The van der Waals surface area contributed by atoms with Crippen molar-refractivity contribution in [2.75, 3.05) is 13.7 Å². The van der Waals surface area contributed by atoms with Crippen LogP contribution in [0.15, 0.2) is 0 Å². The summed E-state index contributed by atoms with van der Waals surface area (Å²) in [5.74, 6) is -1.63. The van der Waals surface area contributed by atoms with Gasteiger partial charge in [0.1, 0.15) is 17.7 Å². The van der Waals surface area contributed by atoms with Crippen LogP contribution in [-0.2, 0) is 23.8 Å². The quantitative estimate of drug-likeness (QED) is 0.403. The maximum Gasteiger partial charge on any atom is 0.430 e. The summed E-state index contributed by atoms with van der Waals surface area (Å²) in [5.41, 5.74) is -1.73. The number of hydrazine groups is 1. The molecule has 1 fully saturated rings. The van der Waals surface area contributed by atoms with E-state index in [1.807, 2.05) is 0 Å². The van der Waals surface area contributed by atoms with Crippen LogP contribution in [0.3, 0.4) is 0 Å². The molecule has 0 aromatic rings. The van der Waals surface area contributed by atoms with E-state index in [1.54, 1.807) is 41.5 Å². The van der Waals surface area contributed by atoms with Gasteiger partial charge in [-0.2, -0.15) is 5.01 Å². The van der Waals surface area contributed by atoms with Gasteiger partial charge in [-0.3, -0.25) is 4.79 Å². The molecule has 1 aliphatic rings. The monoisotopic (exact) mass is 344 g/mol. The normalized spacial score (nSPS) is 18.5. The molecule has 2 amide bonds. The molecule has 0 aromatic carbocycles. The van der Waals surface area contributed by atoms with Crippen molar-refractivity contribution >= 4 is 23.9 Å². The molecule has 136 valence electrons. The molecule has 9 heteroatoms. The van der Waals surface area contributed by atoms with Crippen LogP contribution in [0.5, 0.6) is 0 Å². The molecule has 1 atom stereocenters. The van der Waals surface area contributed by atoms with E-state index in [-0.39, 0.29) is 0 Å². The average molecular weight is 344 g/mol. The highest BCUT2D eigenvalue weighted by Gasteiger charge is 2.51. The summed E-state index contributed by atoms with van der Waals surface area (Å²) in [6.07, 6.45) is -1.96. The fraction of sp³-hybridized carbons (Fsp3) is 0.733. The minimum absolute atomic E-state index is 0.492. The van der Waals surface area contributed by atoms with Gasteiger partial charge in [0.15, 0.2) is 5.78 Å². The van der Waals surface area contributed by atoms with Gasteiger partial charge >= 0.3 is 18.2 Å². The lowest BCUT2D eigenvalue weighted by molar-refractivity contribution is -0.151. The van der Waals surface area contributed by atoms with Gasteiger partial charge in [-0.15, -0.1) is 0 Å².